The minimum Gasteiger partial charge on any atom is -0.466 e. The van der Waals surface area contributed by atoms with Crippen LogP contribution in [-0.4, -0.2) is 17.6 Å². The second-order valence-electron chi connectivity index (χ2n) is 3.33. The summed E-state index contributed by atoms with van der Waals surface area (Å²) in [6, 6.07) is 3.67. The maximum atomic E-state index is 11.7. The van der Waals surface area contributed by atoms with Crippen molar-refractivity contribution in [2.75, 3.05) is 6.61 Å². The van der Waals surface area contributed by atoms with Crippen LogP contribution < -0.4 is 0 Å². The summed E-state index contributed by atoms with van der Waals surface area (Å²) in [5.74, 6) is 2.00. The molecule has 1 aromatic heterocycles. The fraction of sp³-hybridized carbons (Fsp3) is 0.385. The van der Waals surface area contributed by atoms with Crippen molar-refractivity contribution < 1.29 is 9.53 Å². The van der Waals surface area contributed by atoms with E-state index in [0.717, 1.165) is 5.56 Å². The summed E-state index contributed by atoms with van der Waals surface area (Å²) in [4.78, 5) is 15.7. The van der Waals surface area contributed by atoms with Gasteiger partial charge in [-0.15, -0.1) is 12.3 Å². The second kappa shape index (κ2) is 6.62. The Hall–Kier alpha value is -1.82. The molecule has 0 N–H and O–H groups in total. The highest BCUT2D eigenvalue weighted by Crippen LogP contribution is 2.21. The average Bonchev–Trinajstić information content (AvgIpc) is 2.31. The highest BCUT2D eigenvalue weighted by atomic mass is 16.5. The van der Waals surface area contributed by atoms with Crippen LogP contribution in [0.25, 0.3) is 0 Å². The van der Waals surface area contributed by atoms with Crippen molar-refractivity contribution in [3.8, 4) is 12.3 Å². The maximum Gasteiger partial charge on any atom is 0.313 e. The van der Waals surface area contributed by atoms with E-state index in [1.54, 1.807) is 25.4 Å². The van der Waals surface area contributed by atoms with E-state index in [-0.39, 0.29) is 11.9 Å². The molecule has 0 aliphatic heterocycles. The molecule has 0 saturated carbocycles. The molecule has 1 unspecified atom stereocenters. The van der Waals surface area contributed by atoms with Crippen LogP contribution >= 0.6 is 0 Å². The molecular formula is C13H15NO2. The third-order valence-electron chi connectivity index (χ3n) is 2.24. The van der Waals surface area contributed by atoms with Gasteiger partial charge in [-0.1, -0.05) is 6.07 Å². The molecule has 0 spiro atoms. The number of terminal acetylenes is 1. The molecule has 0 amide bonds. The molecule has 0 fully saturated rings. The zero-order chi connectivity index (χ0) is 11.8. The standard InChI is InChI=1S/C13H15NO2/c1-3-5-8-12(13(15)16-4-2)11-7-6-9-14-10-11/h1,6-7,9-10,12H,4-5,8H2,2H3. The minimum absolute atomic E-state index is 0.231. The molecule has 1 rings (SSSR count). The Morgan fingerprint density at radius 2 is 2.50 bits per heavy atom. The van der Waals surface area contributed by atoms with E-state index in [1.165, 1.54) is 0 Å². The molecule has 16 heavy (non-hydrogen) atoms. The van der Waals surface area contributed by atoms with Crippen LogP contribution in [0.1, 0.15) is 31.2 Å². The van der Waals surface area contributed by atoms with Gasteiger partial charge in [0.15, 0.2) is 0 Å². The van der Waals surface area contributed by atoms with Crippen molar-refractivity contribution >= 4 is 5.97 Å². The van der Waals surface area contributed by atoms with Gasteiger partial charge in [0.2, 0.25) is 0 Å². The molecule has 0 aliphatic rings. The largest absolute Gasteiger partial charge is 0.466 e. The minimum atomic E-state index is -0.301. The third kappa shape index (κ3) is 3.39. The summed E-state index contributed by atoms with van der Waals surface area (Å²) < 4.78 is 5.02. The third-order valence-corrected chi connectivity index (χ3v) is 2.24. The first kappa shape index (κ1) is 12.3. The van der Waals surface area contributed by atoms with Gasteiger partial charge in [0, 0.05) is 18.8 Å². The Morgan fingerprint density at radius 3 is 3.06 bits per heavy atom. The van der Waals surface area contributed by atoms with Crippen molar-refractivity contribution in [3.05, 3.63) is 30.1 Å². The molecule has 0 aromatic carbocycles. The molecule has 84 valence electrons. The molecule has 0 radical (unpaired) electrons. The molecule has 1 atom stereocenters. The highest BCUT2D eigenvalue weighted by Gasteiger charge is 2.21. The molecule has 0 bridgehead atoms. The van der Waals surface area contributed by atoms with Gasteiger partial charge in [0.25, 0.3) is 0 Å². The normalized spacial score (nSPS) is 11.5. The lowest BCUT2D eigenvalue weighted by Gasteiger charge is -2.14. The molecule has 3 heteroatoms. The number of carbonyl (C=O) groups excluding carboxylic acids is 1. The first-order valence-electron chi connectivity index (χ1n) is 5.29. The quantitative estimate of drug-likeness (QED) is 0.560. The van der Waals surface area contributed by atoms with Gasteiger partial charge in [-0.3, -0.25) is 9.78 Å². The van der Waals surface area contributed by atoms with E-state index in [1.807, 2.05) is 6.07 Å². The van der Waals surface area contributed by atoms with Crippen molar-refractivity contribution in [2.45, 2.75) is 25.7 Å². The van der Waals surface area contributed by atoms with Gasteiger partial charge in [-0.25, -0.2) is 0 Å². The number of aromatic nitrogens is 1. The zero-order valence-corrected chi connectivity index (χ0v) is 9.35. The summed E-state index contributed by atoms with van der Waals surface area (Å²) in [6.07, 6.45) is 9.72. The van der Waals surface area contributed by atoms with E-state index < -0.39 is 0 Å². The first-order chi connectivity index (χ1) is 7.79. The first-order valence-corrected chi connectivity index (χ1v) is 5.29. The highest BCUT2D eigenvalue weighted by molar-refractivity contribution is 5.78. The lowest BCUT2D eigenvalue weighted by atomic mass is 9.96. The fourth-order valence-corrected chi connectivity index (χ4v) is 1.47. The van der Waals surface area contributed by atoms with E-state index in [0.29, 0.717) is 19.4 Å². The predicted molar refractivity (Wildman–Crippen MR) is 61.7 cm³/mol. The Kier molecular flexibility index (Phi) is 5.07. The van der Waals surface area contributed by atoms with Crippen LogP contribution in [0.15, 0.2) is 24.5 Å². The van der Waals surface area contributed by atoms with Gasteiger partial charge in [-0.05, 0) is 25.0 Å². The van der Waals surface area contributed by atoms with Crippen LogP contribution in [0.3, 0.4) is 0 Å². The monoisotopic (exact) mass is 217 g/mol. The van der Waals surface area contributed by atoms with Crippen molar-refractivity contribution in [3.63, 3.8) is 0 Å². The number of hydrogen-bond donors (Lipinski definition) is 0. The lowest BCUT2D eigenvalue weighted by molar-refractivity contribution is -0.145. The van der Waals surface area contributed by atoms with Crippen LogP contribution in [0.4, 0.5) is 0 Å². The smallest absolute Gasteiger partial charge is 0.313 e. The SMILES string of the molecule is C#CCCC(C(=O)OCC)c1cccnc1. The van der Waals surface area contributed by atoms with Gasteiger partial charge in [0.05, 0.1) is 12.5 Å². The number of esters is 1. The summed E-state index contributed by atoms with van der Waals surface area (Å²) in [6.45, 7) is 2.17. The summed E-state index contributed by atoms with van der Waals surface area (Å²) in [7, 11) is 0. The van der Waals surface area contributed by atoms with E-state index >= 15 is 0 Å². The summed E-state index contributed by atoms with van der Waals surface area (Å²) in [5.41, 5.74) is 0.858. The Bertz CT molecular complexity index is 367. The molecular weight excluding hydrogens is 202 g/mol. The molecule has 0 aliphatic carbocycles. The number of carbonyl (C=O) groups is 1. The van der Waals surface area contributed by atoms with E-state index in [4.69, 9.17) is 11.2 Å². The van der Waals surface area contributed by atoms with Crippen molar-refractivity contribution in [2.24, 2.45) is 0 Å². The van der Waals surface area contributed by atoms with Gasteiger partial charge in [0.1, 0.15) is 0 Å². The molecule has 3 nitrogen and oxygen atoms in total. The number of pyridine rings is 1. The van der Waals surface area contributed by atoms with Gasteiger partial charge < -0.3 is 4.74 Å². The molecule has 0 saturated heterocycles. The predicted octanol–water partition coefficient (Wildman–Crippen LogP) is 2.14. The molecule has 1 heterocycles. The van der Waals surface area contributed by atoms with E-state index in [2.05, 4.69) is 10.9 Å². The Balaban J connectivity index is 2.79. The second-order valence-corrected chi connectivity index (χ2v) is 3.33. The van der Waals surface area contributed by atoms with Crippen LogP contribution in [-0.2, 0) is 9.53 Å². The topological polar surface area (TPSA) is 39.2 Å². The van der Waals surface area contributed by atoms with Crippen LogP contribution in [0.2, 0.25) is 0 Å². The Labute approximate surface area is 95.8 Å². The van der Waals surface area contributed by atoms with E-state index in [9.17, 15) is 4.79 Å². The summed E-state index contributed by atoms with van der Waals surface area (Å²) in [5, 5.41) is 0. The van der Waals surface area contributed by atoms with Gasteiger partial charge in [-0.2, -0.15) is 0 Å². The number of ether oxygens (including phenoxy) is 1. The summed E-state index contributed by atoms with van der Waals surface area (Å²) >= 11 is 0. The number of hydrogen-bond acceptors (Lipinski definition) is 3. The van der Waals surface area contributed by atoms with Crippen molar-refractivity contribution in [1.29, 1.82) is 0 Å². The zero-order valence-electron chi connectivity index (χ0n) is 9.35. The van der Waals surface area contributed by atoms with Gasteiger partial charge >= 0.3 is 5.97 Å². The maximum absolute atomic E-state index is 11.7. The fourth-order valence-electron chi connectivity index (χ4n) is 1.47. The molecule has 1 aromatic rings. The Morgan fingerprint density at radius 1 is 1.69 bits per heavy atom. The van der Waals surface area contributed by atoms with Crippen LogP contribution in [0.5, 0.6) is 0 Å². The number of rotatable bonds is 5. The van der Waals surface area contributed by atoms with Crippen molar-refractivity contribution in [1.82, 2.24) is 4.98 Å². The lowest BCUT2D eigenvalue weighted by Crippen LogP contribution is -2.16. The van der Waals surface area contributed by atoms with Crippen LogP contribution in [0, 0.1) is 12.3 Å². The average molecular weight is 217 g/mol. The number of nitrogens with zero attached hydrogens (tertiary/aromatic N) is 1.